The second-order valence-corrected chi connectivity index (χ2v) is 6.55. The Morgan fingerprint density at radius 3 is 2.31 bits per heavy atom. The maximum atomic E-state index is 13.3. The van der Waals surface area contributed by atoms with Gasteiger partial charge in [0.25, 0.3) is 0 Å². The standard InChI is InChI=1S/C21H26F2N2O3.ClH/c1-4-12-24-20(11-13-27-17-9-10-18(22)19(23)14-17)15-5-7-16(8-6-15)28-21(26)25(2)3;/h5-10,14,20,24H,4,11-13H2,1-3H3;1H. The van der Waals surface area contributed by atoms with Gasteiger partial charge >= 0.3 is 6.09 Å². The molecular weight excluding hydrogens is 402 g/mol. The van der Waals surface area contributed by atoms with E-state index in [1.165, 1.54) is 11.0 Å². The number of benzene rings is 2. The zero-order valence-electron chi connectivity index (χ0n) is 16.8. The van der Waals surface area contributed by atoms with Gasteiger partial charge in [0.15, 0.2) is 11.6 Å². The number of carbonyl (C=O) groups is 1. The number of nitrogens with zero attached hydrogens (tertiary/aromatic N) is 1. The summed E-state index contributed by atoms with van der Waals surface area (Å²) in [6.07, 6.45) is 1.17. The first-order chi connectivity index (χ1) is 13.4. The molecule has 0 aliphatic heterocycles. The average Bonchev–Trinajstić information content (AvgIpc) is 2.68. The Kier molecular flexibility index (Phi) is 10.4. The maximum absolute atomic E-state index is 13.3. The number of halogens is 3. The minimum Gasteiger partial charge on any atom is -0.493 e. The van der Waals surface area contributed by atoms with Gasteiger partial charge in [0, 0.05) is 32.6 Å². The Morgan fingerprint density at radius 2 is 1.72 bits per heavy atom. The van der Waals surface area contributed by atoms with Crippen molar-refractivity contribution >= 4 is 18.5 Å². The summed E-state index contributed by atoms with van der Waals surface area (Å²) in [6, 6.07) is 10.8. The van der Waals surface area contributed by atoms with Gasteiger partial charge in [0.05, 0.1) is 6.61 Å². The minimum atomic E-state index is -0.930. The summed E-state index contributed by atoms with van der Waals surface area (Å²) in [6.45, 7) is 3.24. The lowest BCUT2D eigenvalue weighted by atomic mass is 10.0. The minimum absolute atomic E-state index is 0. The molecule has 0 bridgehead atoms. The normalized spacial score (nSPS) is 11.3. The molecule has 0 aliphatic carbocycles. The largest absolute Gasteiger partial charge is 0.493 e. The van der Waals surface area contributed by atoms with E-state index in [2.05, 4.69) is 12.2 Å². The van der Waals surface area contributed by atoms with E-state index in [4.69, 9.17) is 9.47 Å². The third-order valence-electron chi connectivity index (χ3n) is 4.06. The van der Waals surface area contributed by atoms with Crippen molar-refractivity contribution in [3.05, 3.63) is 59.7 Å². The molecule has 160 valence electrons. The molecule has 0 saturated carbocycles. The summed E-state index contributed by atoms with van der Waals surface area (Å²) >= 11 is 0. The lowest BCUT2D eigenvalue weighted by Gasteiger charge is -2.20. The molecule has 29 heavy (non-hydrogen) atoms. The molecule has 1 amide bonds. The fourth-order valence-electron chi connectivity index (χ4n) is 2.53. The van der Waals surface area contributed by atoms with E-state index in [9.17, 15) is 13.6 Å². The van der Waals surface area contributed by atoms with Crippen LogP contribution >= 0.6 is 12.4 Å². The Hall–Kier alpha value is -2.38. The van der Waals surface area contributed by atoms with Crippen LogP contribution in [0.1, 0.15) is 31.4 Å². The highest BCUT2D eigenvalue weighted by Gasteiger charge is 2.13. The Labute approximate surface area is 176 Å². The van der Waals surface area contributed by atoms with Gasteiger partial charge in [-0.15, -0.1) is 12.4 Å². The molecule has 0 aromatic heterocycles. The van der Waals surface area contributed by atoms with Gasteiger partial charge in [0.2, 0.25) is 0 Å². The molecule has 0 spiro atoms. The number of ether oxygens (including phenoxy) is 2. The molecule has 0 saturated heterocycles. The van der Waals surface area contributed by atoms with Crippen LogP contribution in [0.25, 0.3) is 0 Å². The molecule has 2 rings (SSSR count). The van der Waals surface area contributed by atoms with Crippen molar-refractivity contribution < 1.29 is 23.0 Å². The van der Waals surface area contributed by atoms with Gasteiger partial charge in [-0.1, -0.05) is 19.1 Å². The number of nitrogens with one attached hydrogen (secondary N) is 1. The SMILES string of the molecule is CCCNC(CCOc1ccc(F)c(F)c1)c1ccc(OC(=O)N(C)C)cc1.Cl. The molecule has 0 heterocycles. The van der Waals surface area contributed by atoms with Gasteiger partial charge in [0.1, 0.15) is 11.5 Å². The van der Waals surface area contributed by atoms with Crippen LogP contribution in [0.2, 0.25) is 0 Å². The lowest BCUT2D eigenvalue weighted by molar-refractivity contribution is 0.172. The highest BCUT2D eigenvalue weighted by atomic mass is 35.5. The van der Waals surface area contributed by atoms with Gasteiger partial charge in [-0.25, -0.2) is 13.6 Å². The van der Waals surface area contributed by atoms with Crippen molar-refractivity contribution in [3.8, 4) is 11.5 Å². The highest BCUT2D eigenvalue weighted by molar-refractivity contribution is 5.85. The van der Waals surface area contributed by atoms with Crippen molar-refractivity contribution in [2.45, 2.75) is 25.8 Å². The first-order valence-electron chi connectivity index (χ1n) is 9.21. The van der Waals surface area contributed by atoms with E-state index in [0.29, 0.717) is 24.5 Å². The Balaban J connectivity index is 0.00000420. The maximum Gasteiger partial charge on any atom is 0.414 e. The van der Waals surface area contributed by atoms with Crippen LogP contribution < -0.4 is 14.8 Å². The Morgan fingerprint density at radius 1 is 1.07 bits per heavy atom. The van der Waals surface area contributed by atoms with Gasteiger partial charge < -0.3 is 19.7 Å². The van der Waals surface area contributed by atoms with E-state index in [1.807, 2.05) is 12.1 Å². The molecule has 0 radical (unpaired) electrons. The van der Waals surface area contributed by atoms with Crippen LogP contribution in [-0.2, 0) is 0 Å². The predicted octanol–water partition coefficient (Wildman–Crippen LogP) is 4.96. The van der Waals surface area contributed by atoms with E-state index < -0.39 is 17.7 Å². The van der Waals surface area contributed by atoms with Crippen LogP contribution in [-0.4, -0.2) is 38.2 Å². The van der Waals surface area contributed by atoms with Crippen LogP contribution in [0, 0.1) is 11.6 Å². The number of rotatable bonds is 9. The van der Waals surface area contributed by atoms with Crippen LogP contribution in [0.4, 0.5) is 13.6 Å². The predicted molar refractivity (Wildman–Crippen MR) is 111 cm³/mol. The second kappa shape index (κ2) is 12.2. The number of hydrogen-bond donors (Lipinski definition) is 1. The fourth-order valence-corrected chi connectivity index (χ4v) is 2.53. The van der Waals surface area contributed by atoms with Crippen molar-refractivity contribution in [3.63, 3.8) is 0 Å². The van der Waals surface area contributed by atoms with Gasteiger partial charge in [-0.05, 0) is 42.8 Å². The summed E-state index contributed by atoms with van der Waals surface area (Å²) in [7, 11) is 3.24. The first kappa shape index (κ1) is 24.7. The topological polar surface area (TPSA) is 50.8 Å². The molecule has 0 fully saturated rings. The summed E-state index contributed by atoms with van der Waals surface area (Å²) in [5, 5.41) is 3.44. The number of amides is 1. The monoisotopic (exact) mass is 428 g/mol. The second-order valence-electron chi connectivity index (χ2n) is 6.55. The van der Waals surface area contributed by atoms with Gasteiger partial charge in [-0.3, -0.25) is 0 Å². The van der Waals surface area contributed by atoms with E-state index in [-0.39, 0.29) is 18.4 Å². The number of carbonyl (C=O) groups excluding carboxylic acids is 1. The molecule has 0 aliphatic rings. The summed E-state index contributed by atoms with van der Waals surface area (Å²) in [5.41, 5.74) is 1.02. The molecule has 2 aromatic rings. The zero-order chi connectivity index (χ0) is 20.5. The molecule has 1 atom stereocenters. The third-order valence-corrected chi connectivity index (χ3v) is 4.06. The van der Waals surface area contributed by atoms with Crippen LogP contribution in [0.5, 0.6) is 11.5 Å². The smallest absolute Gasteiger partial charge is 0.414 e. The van der Waals surface area contributed by atoms with Crippen molar-refractivity contribution in [2.24, 2.45) is 0 Å². The molecule has 5 nitrogen and oxygen atoms in total. The molecule has 1 N–H and O–H groups in total. The number of hydrogen-bond acceptors (Lipinski definition) is 4. The summed E-state index contributed by atoms with van der Waals surface area (Å²) < 4.78 is 37.0. The average molecular weight is 429 g/mol. The van der Waals surface area contributed by atoms with Crippen molar-refractivity contribution in [1.29, 1.82) is 0 Å². The van der Waals surface area contributed by atoms with Crippen molar-refractivity contribution in [1.82, 2.24) is 10.2 Å². The van der Waals surface area contributed by atoms with Crippen LogP contribution in [0.15, 0.2) is 42.5 Å². The van der Waals surface area contributed by atoms with Crippen molar-refractivity contribution in [2.75, 3.05) is 27.2 Å². The highest BCUT2D eigenvalue weighted by Crippen LogP contribution is 2.22. The molecule has 2 aromatic carbocycles. The quantitative estimate of drug-likeness (QED) is 0.613. The zero-order valence-corrected chi connectivity index (χ0v) is 17.6. The molecule has 8 heteroatoms. The Bertz CT molecular complexity index is 773. The van der Waals surface area contributed by atoms with E-state index in [0.717, 1.165) is 30.7 Å². The van der Waals surface area contributed by atoms with E-state index >= 15 is 0 Å². The lowest BCUT2D eigenvalue weighted by Crippen LogP contribution is -2.25. The van der Waals surface area contributed by atoms with Crippen LogP contribution in [0.3, 0.4) is 0 Å². The van der Waals surface area contributed by atoms with Gasteiger partial charge in [-0.2, -0.15) is 0 Å². The molecule has 1 unspecified atom stereocenters. The summed E-state index contributed by atoms with van der Waals surface area (Å²) in [5.74, 6) is -1.07. The summed E-state index contributed by atoms with van der Waals surface area (Å²) in [4.78, 5) is 13.0. The first-order valence-corrected chi connectivity index (χ1v) is 9.21. The van der Waals surface area contributed by atoms with E-state index in [1.54, 1.807) is 26.2 Å². The third kappa shape index (κ3) is 7.87. The fraction of sp³-hybridized carbons (Fsp3) is 0.381. The molecular formula is C21H27ClF2N2O3.